The maximum absolute atomic E-state index is 10.8. The molecule has 0 spiro atoms. The zero-order valence-electron chi connectivity index (χ0n) is 39.2. The summed E-state index contributed by atoms with van der Waals surface area (Å²) >= 11 is 0. The Kier molecular flexibility index (Phi) is 22.9. The maximum Gasteiger partial charge on any atom is 0.323 e. The van der Waals surface area contributed by atoms with E-state index in [4.69, 9.17) is 50.7 Å². The highest BCUT2D eigenvalue weighted by Gasteiger charge is 2.20. The molecular formula is C37H60N8O14. The Balaban J connectivity index is 0. The van der Waals surface area contributed by atoms with Crippen molar-refractivity contribution in [2.24, 2.45) is 34.4 Å². The van der Waals surface area contributed by atoms with Gasteiger partial charge in [0.2, 0.25) is 0 Å². The highest BCUT2D eigenvalue weighted by molar-refractivity contribution is 5.84. The van der Waals surface area contributed by atoms with Gasteiger partial charge in [0.25, 0.3) is 0 Å². The Morgan fingerprint density at radius 1 is 0.763 bits per heavy atom. The van der Waals surface area contributed by atoms with Crippen molar-refractivity contribution in [2.45, 2.75) is 87.8 Å². The Morgan fingerprint density at radius 2 is 1.32 bits per heavy atom. The minimum absolute atomic E-state index is 0.294. The van der Waals surface area contributed by atoms with E-state index in [-0.39, 0.29) is 0 Å². The third-order valence-electron chi connectivity index (χ3n) is 7.44. The van der Waals surface area contributed by atoms with Gasteiger partial charge in [-0.1, -0.05) is 48.5 Å². The second-order valence-corrected chi connectivity index (χ2v) is 12.4. The number of carbonyl (C=O) groups is 6. The van der Waals surface area contributed by atoms with E-state index in [2.05, 4.69) is 10.7 Å². The first-order valence-electron chi connectivity index (χ1n) is 21.2. The lowest BCUT2D eigenvalue weighted by Gasteiger charge is -2.06. The van der Waals surface area contributed by atoms with E-state index >= 15 is 0 Å². The Morgan fingerprint density at radius 3 is 1.71 bits per heavy atom. The molecule has 22 N–H and O–H groups in total. The molecule has 2 aromatic carbocycles. The lowest BCUT2D eigenvalue weighted by Crippen LogP contribution is -2.39. The number of H-pyrrole nitrogens is 1. The third kappa shape index (κ3) is 26.1. The van der Waals surface area contributed by atoms with Gasteiger partial charge in [-0.2, -0.15) is 0 Å². The lowest BCUT2D eigenvalue weighted by atomic mass is 10.1. The van der Waals surface area contributed by atoms with Crippen LogP contribution in [0, 0.1) is 0 Å². The van der Waals surface area contributed by atoms with Gasteiger partial charge in [0.1, 0.15) is 46.1 Å². The molecule has 332 valence electrons. The first-order chi connectivity index (χ1) is 31.2. The highest BCUT2D eigenvalue weighted by Crippen LogP contribution is 2.18. The van der Waals surface area contributed by atoms with E-state index in [0.717, 1.165) is 33.8 Å². The molecule has 22 nitrogen and oxygen atoms in total. The van der Waals surface area contributed by atoms with E-state index in [1.165, 1.54) is 6.92 Å². The van der Waals surface area contributed by atoms with E-state index in [9.17, 15) is 28.8 Å². The summed E-state index contributed by atoms with van der Waals surface area (Å²) in [4.78, 5) is 64.8. The summed E-state index contributed by atoms with van der Waals surface area (Å²) in [6, 6.07) is 11.5. The minimum atomic E-state index is -1.22. The van der Waals surface area contributed by atoms with Gasteiger partial charge in [0.05, 0.1) is 12.7 Å². The van der Waals surface area contributed by atoms with Gasteiger partial charge < -0.3 is 85.5 Å². The number of nitrogens with two attached hydrogens (primary N) is 6. The van der Waals surface area contributed by atoms with Gasteiger partial charge >= 0.3 is 35.8 Å². The molecule has 3 aromatic rings. The molecule has 0 aliphatic carbocycles. The fourth-order valence-corrected chi connectivity index (χ4v) is 4.08. The molecule has 1 saturated heterocycles. The molecule has 7 atom stereocenters. The number of hydrogen-bond donors (Lipinski definition) is 16. The van der Waals surface area contributed by atoms with Crippen LogP contribution in [0.2, 0.25) is 9.88 Å². The van der Waals surface area contributed by atoms with Gasteiger partial charge in [0.15, 0.2) is 0 Å². The number of hydrogen-bond acceptors (Lipinski definition) is 15. The van der Waals surface area contributed by atoms with Crippen molar-refractivity contribution in [3.63, 3.8) is 0 Å². The van der Waals surface area contributed by atoms with Crippen molar-refractivity contribution in [2.75, 3.05) is 19.7 Å². The third-order valence-corrected chi connectivity index (χ3v) is 7.44. The molecule has 1 fully saturated rings. The van der Waals surface area contributed by atoms with Crippen molar-refractivity contribution in [1.82, 2.24) is 10.3 Å². The number of aliphatic carboxylic acids is 6. The lowest BCUT2D eigenvalue weighted by molar-refractivity contribution is -0.141. The van der Waals surface area contributed by atoms with Crippen LogP contribution in [0.5, 0.6) is 0 Å². The second-order valence-electron chi connectivity index (χ2n) is 12.4. The van der Waals surface area contributed by atoms with Crippen LogP contribution in [-0.2, 0) is 41.6 Å². The molecular weight excluding hydrogens is 780 g/mol. The van der Waals surface area contributed by atoms with Gasteiger partial charge in [-0.15, -0.1) is 0 Å². The number of carboxylic acid groups (broad SMARTS) is 6. The number of aliphatic hydroxyl groups is 2. The molecule has 4 rings (SSSR count). The Labute approximate surface area is 350 Å². The molecule has 1 aromatic heterocycles. The van der Waals surface area contributed by atoms with Gasteiger partial charge in [0, 0.05) is 23.5 Å². The van der Waals surface area contributed by atoms with E-state index in [1.54, 1.807) is 17.7 Å². The second kappa shape index (κ2) is 31.4. The monoisotopic (exact) mass is 847 g/mol. The SMILES string of the molecule is [2H]N1CCC[C@H]1C(=O)O.[2H]NCCC[C@H](N[2H])C(=O)O.[2H]N[C@@H](CO)C(=O)O.[2H]N[C@@H](Cc1c[nH]c2ccccc12)C(=O)O.[2H]N[C@@H](Cc1ccccc1)C(=O)O.[2H]N[C@H](C(=O)O)C(C)O. The Hall–Kier alpha value is -5.56. The molecule has 2 heterocycles. The van der Waals surface area contributed by atoms with Crippen molar-refractivity contribution in [3.05, 3.63) is 71.9 Å². The van der Waals surface area contributed by atoms with Gasteiger partial charge in [-0.3, -0.25) is 28.8 Å². The topological polar surface area (TPSA) is 448 Å². The highest BCUT2D eigenvalue weighted by atomic mass is 16.4. The maximum atomic E-state index is 10.8. The number of carboxylic acids is 6. The summed E-state index contributed by atoms with van der Waals surface area (Å²) in [7, 11) is 0. The molecule has 0 saturated carbocycles. The smallest absolute Gasteiger partial charge is 0.323 e. The first kappa shape index (κ1) is 43.0. The fourth-order valence-electron chi connectivity index (χ4n) is 4.08. The summed E-state index contributed by atoms with van der Waals surface area (Å²) in [6.07, 6.45) is 3.77. The van der Waals surface area contributed by atoms with Crippen LogP contribution in [-0.4, -0.2) is 144 Å². The summed E-state index contributed by atoms with van der Waals surface area (Å²) in [5.74, 6) is -6.35. The van der Waals surface area contributed by atoms with E-state index in [1.807, 2.05) is 71.8 Å². The molecule has 0 bridgehead atoms. The van der Waals surface area contributed by atoms with Crippen LogP contribution in [0.1, 0.15) is 43.7 Å². The van der Waals surface area contributed by atoms with Crippen molar-refractivity contribution in [3.8, 4) is 0 Å². The average molecular weight is 848 g/mol. The van der Waals surface area contributed by atoms with Crippen LogP contribution in [0.3, 0.4) is 0 Å². The van der Waals surface area contributed by atoms with Gasteiger partial charge in [-0.05, 0) is 69.3 Å². The normalized spacial score (nSPS) is 17.5. The summed E-state index contributed by atoms with van der Waals surface area (Å²) < 4.78 is 46.7. The largest absolute Gasteiger partial charge is 0.480 e. The van der Waals surface area contributed by atoms with Crippen LogP contribution in [0.15, 0.2) is 60.8 Å². The van der Waals surface area contributed by atoms with E-state index < -0.39 is 84.8 Å². The van der Waals surface area contributed by atoms with Crippen molar-refractivity contribution < 1.29 is 79.5 Å². The van der Waals surface area contributed by atoms with E-state index in [0.29, 0.717) is 45.2 Å². The number of aromatic amines is 1. The molecule has 1 aliphatic heterocycles. The Bertz CT molecular complexity index is 1830. The number of nitrogens with one attached hydrogen (secondary N) is 2. The number of aliphatic hydroxyl groups excluding tert-OH is 2. The molecule has 1 aliphatic rings. The van der Waals surface area contributed by atoms with Crippen LogP contribution in [0.4, 0.5) is 0 Å². The number of aromatic nitrogens is 1. The number of benzene rings is 2. The minimum Gasteiger partial charge on any atom is -0.480 e. The molecule has 22 heteroatoms. The first-order valence-corrected chi connectivity index (χ1v) is 17.7. The number of rotatable bonds is 21. The van der Waals surface area contributed by atoms with Crippen LogP contribution >= 0.6 is 0 Å². The zero-order chi connectivity index (χ0) is 50.8. The van der Waals surface area contributed by atoms with Gasteiger partial charge in [-0.25, -0.2) is 0 Å². The van der Waals surface area contributed by atoms with Crippen LogP contribution < -0.4 is 39.7 Å². The predicted octanol–water partition coefficient (Wildman–Crippen LogP) is -2.11. The van der Waals surface area contributed by atoms with Crippen molar-refractivity contribution in [1.29, 1.82) is 0 Å². The average Bonchev–Trinajstić information content (AvgIpc) is 3.90. The van der Waals surface area contributed by atoms with Crippen molar-refractivity contribution >= 4 is 46.7 Å². The summed E-state index contributed by atoms with van der Waals surface area (Å²) in [5.41, 5.74) is 14.3. The molecule has 1 unspecified atom stereocenters. The summed E-state index contributed by atoms with van der Waals surface area (Å²) in [5, 5.41) is 69.5. The molecule has 59 heavy (non-hydrogen) atoms. The number of fused-ring (bicyclic) bond motifs is 1. The quantitative estimate of drug-likeness (QED) is 0.0510. The molecule has 0 amide bonds. The predicted molar refractivity (Wildman–Crippen MR) is 216 cm³/mol. The van der Waals surface area contributed by atoms with Crippen LogP contribution in [0.25, 0.3) is 10.9 Å². The standard InChI is InChI=1S/C11H12N2O2.C9H11NO2.C5H12N2O2.C5H9NO2.C4H9NO3.C3H7NO3/c12-9(11(14)15)5-7-6-13-10-4-2-1-3-8(7)10;10-8(9(11)12)6-7-4-2-1-3-5-7;6-3-1-2-4(7)5(8)9;7-5(8)4-2-1-3-6-4;1-2(6)3(5)4(7)8;4-2(1-5)3(6)7/h1-4,6,9,13H,5,12H2,(H,14,15);1-5,8H,6,10H2,(H,11,12);4H,1-3,6-7H2,(H,8,9);4,6H,1-3H2,(H,7,8);2-3,6H,5H2,1H3,(H,7,8);2,5H,1,4H2,(H,6,7)/t9-;8-;2*4-;2?,3-;2-/m000000/s1/i/hD7. The molecule has 0 radical (unpaired) electrons. The number of para-hydroxylation sites is 1. The zero-order valence-corrected chi connectivity index (χ0v) is 32.2. The summed E-state index contributed by atoms with van der Waals surface area (Å²) in [6.45, 7) is 1.79. The fraction of sp³-hybridized carbons (Fsp3) is 0.459.